The number of ether oxygens (including phenoxy) is 2. The standard InChI is InChI=1S/C18H22N4O4/c1-3-11-26-14-6-4-13(5-7-14)17-20-18(24)15(21-22-17)8-9-16(23)19-10-12-25-2/h3-7H,1,8-12H2,2H3,(H,19,23)(H,20,22,24). The number of nitrogens with one attached hydrogen (secondary N) is 2. The molecule has 0 aliphatic carbocycles. The highest BCUT2D eigenvalue weighted by molar-refractivity contribution is 5.76. The number of amides is 1. The van der Waals surface area contributed by atoms with Gasteiger partial charge in [-0.2, -0.15) is 0 Å². The van der Waals surface area contributed by atoms with Crippen molar-refractivity contribution in [2.24, 2.45) is 0 Å². The molecule has 2 rings (SSSR count). The van der Waals surface area contributed by atoms with E-state index in [-0.39, 0.29) is 30.0 Å². The van der Waals surface area contributed by atoms with E-state index >= 15 is 0 Å². The fourth-order valence-corrected chi connectivity index (χ4v) is 2.13. The van der Waals surface area contributed by atoms with E-state index in [1.165, 1.54) is 0 Å². The Kier molecular flexibility index (Phi) is 7.50. The van der Waals surface area contributed by atoms with E-state index in [1.807, 2.05) is 0 Å². The molecule has 0 unspecified atom stereocenters. The fourth-order valence-electron chi connectivity index (χ4n) is 2.13. The first kappa shape index (κ1) is 19.3. The summed E-state index contributed by atoms with van der Waals surface area (Å²) in [5, 5.41) is 10.7. The summed E-state index contributed by atoms with van der Waals surface area (Å²) in [7, 11) is 1.56. The first-order valence-electron chi connectivity index (χ1n) is 8.19. The Morgan fingerprint density at radius 2 is 2.08 bits per heavy atom. The van der Waals surface area contributed by atoms with Gasteiger partial charge < -0.3 is 19.8 Å². The maximum absolute atomic E-state index is 12.1. The maximum atomic E-state index is 12.1. The third-order valence-corrected chi connectivity index (χ3v) is 3.48. The highest BCUT2D eigenvalue weighted by Crippen LogP contribution is 2.18. The summed E-state index contributed by atoms with van der Waals surface area (Å²) < 4.78 is 10.3. The van der Waals surface area contributed by atoms with Gasteiger partial charge in [0.25, 0.3) is 5.56 Å². The molecular formula is C18H22N4O4. The monoisotopic (exact) mass is 358 g/mol. The number of aromatic amines is 1. The third kappa shape index (κ3) is 5.82. The second kappa shape index (κ2) is 10.1. The van der Waals surface area contributed by atoms with Gasteiger partial charge in [0.2, 0.25) is 5.91 Å². The van der Waals surface area contributed by atoms with Crippen molar-refractivity contribution in [2.75, 3.05) is 26.9 Å². The minimum Gasteiger partial charge on any atom is -0.490 e. The van der Waals surface area contributed by atoms with E-state index in [9.17, 15) is 9.59 Å². The molecule has 0 radical (unpaired) electrons. The summed E-state index contributed by atoms with van der Waals surface area (Å²) in [5.41, 5.74) is 0.581. The van der Waals surface area contributed by atoms with Crippen LogP contribution < -0.4 is 15.6 Å². The maximum Gasteiger partial charge on any atom is 0.273 e. The van der Waals surface area contributed by atoms with Gasteiger partial charge in [0.15, 0.2) is 5.82 Å². The molecular weight excluding hydrogens is 336 g/mol. The summed E-state index contributed by atoms with van der Waals surface area (Å²) in [6.45, 7) is 4.89. The molecule has 0 saturated heterocycles. The molecule has 8 nitrogen and oxygen atoms in total. The van der Waals surface area contributed by atoms with Crippen LogP contribution in [-0.2, 0) is 16.0 Å². The predicted octanol–water partition coefficient (Wildman–Crippen LogP) is 1.09. The molecule has 1 aromatic heterocycles. The van der Waals surface area contributed by atoms with Crippen LogP contribution in [0.4, 0.5) is 0 Å². The number of hydrogen-bond donors (Lipinski definition) is 2. The molecule has 26 heavy (non-hydrogen) atoms. The number of hydrogen-bond acceptors (Lipinski definition) is 6. The van der Waals surface area contributed by atoms with Crippen LogP contribution >= 0.6 is 0 Å². The van der Waals surface area contributed by atoms with Crippen molar-refractivity contribution in [2.45, 2.75) is 12.8 Å². The van der Waals surface area contributed by atoms with Gasteiger partial charge in [-0.25, -0.2) is 0 Å². The lowest BCUT2D eigenvalue weighted by Gasteiger charge is -2.06. The SMILES string of the molecule is C=CCOc1ccc(-c2nnc(CCC(=O)NCCOC)c(=O)[nH]2)cc1. The zero-order valence-corrected chi connectivity index (χ0v) is 14.7. The number of nitrogens with zero attached hydrogens (tertiary/aromatic N) is 2. The third-order valence-electron chi connectivity index (χ3n) is 3.48. The van der Waals surface area contributed by atoms with Crippen molar-refractivity contribution in [3.05, 3.63) is 53.0 Å². The largest absolute Gasteiger partial charge is 0.490 e. The first-order valence-corrected chi connectivity index (χ1v) is 8.19. The Balaban J connectivity index is 1.97. The lowest BCUT2D eigenvalue weighted by Crippen LogP contribution is -2.28. The van der Waals surface area contributed by atoms with Crippen LogP contribution in [0.3, 0.4) is 0 Å². The first-order chi connectivity index (χ1) is 12.6. The van der Waals surface area contributed by atoms with Gasteiger partial charge in [0.1, 0.15) is 18.1 Å². The van der Waals surface area contributed by atoms with E-state index in [4.69, 9.17) is 9.47 Å². The lowest BCUT2D eigenvalue weighted by molar-refractivity contribution is -0.121. The zero-order valence-electron chi connectivity index (χ0n) is 14.7. The van der Waals surface area contributed by atoms with Crippen molar-refractivity contribution in [3.63, 3.8) is 0 Å². The fraction of sp³-hybridized carbons (Fsp3) is 0.333. The highest BCUT2D eigenvalue weighted by Gasteiger charge is 2.09. The minimum absolute atomic E-state index is 0.163. The van der Waals surface area contributed by atoms with Gasteiger partial charge in [-0.15, -0.1) is 10.2 Å². The van der Waals surface area contributed by atoms with Gasteiger partial charge in [0.05, 0.1) is 6.61 Å². The second-order valence-corrected chi connectivity index (χ2v) is 5.42. The van der Waals surface area contributed by atoms with Crippen molar-refractivity contribution in [1.29, 1.82) is 0 Å². The van der Waals surface area contributed by atoms with Gasteiger partial charge >= 0.3 is 0 Å². The second-order valence-electron chi connectivity index (χ2n) is 5.42. The molecule has 8 heteroatoms. The molecule has 0 spiro atoms. The van der Waals surface area contributed by atoms with Crippen LogP contribution in [0.5, 0.6) is 5.75 Å². The molecule has 0 saturated carbocycles. The Bertz CT molecular complexity index is 787. The molecule has 1 amide bonds. The van der Waals surface area contributed by atoms with Crippen LogP contribution in [0.25, 0.3) is 11.4 Å². The highest BCUT2D eigenvalue weighted by atomic mass is 16.5. The van der Waals surface area contributed by atoms with Crippen molar-refractivity contribution < 1.29 is 14.3 Å². The van der Waals surface area contributed by atoms with Crippen LogP contribution in [0.1, 0.15) is 12.1 Å². The number of methoxy groups -OCH3 is 1. The number of aromatic nitrogens is 3. The van der Waals surface area contributed by atoms with Crippen molar-refractivity contribution in [1.82, 2.24) is 20.5 Å². The van der Waals surface area contributed by atoms with Crippen LogP contribution in [-0.4, -0.2) is 48.0 Å². The Morgan fingerprint density at radius 1 is 1.31 bits per heavy atom. The molecule has 2 N–H and O–H groups in total. The van der Waals surface area contributed by atoms with Crippen LogP contribution in [0, 0.1) is 0 Å². The normalized spacial score (nSPS) is 10.3. The van der Waals surface area contributed by atoms with Crippen LogP contribution in [0.15, 0.2) is 41.7 Å². The summed E-state index contributed by atoms with van der Waals surface area (Å²) in [5.74, 6) is 0.890. The van der Waals surface area contributed by atoms with E-state index < -0.39 is 0 Å². The molecule has 0 fully saturated rings. The molecule has 0 aliphatic rings. The minimum atomic E-state index is -0.355. The molecule has 138 valence electrons. The van der Waals surface area contributed by atoms with Gasteiger partial charge in [0, 0.05) is 32.1 Å². The number of aryl methyl sites for hydroxylation is 1. The lowest BCUT2D eigenvalue weighted by atomic mass is 10.2. The average molecular weight is 358 g/mol. The molecule has 1 heterocycles. The van der Waals surface area contributed by atoms with E-state index in [0.717, 1.165) is 0 Å². The number of rotatable bonds is 10. The summed E-state index contributed by atoms with van der Waals surface area (Å²) in [6.07, 6.45) is 2.04. The van der Waals surface area contributed by atoms with Gasteiger partial charge in [-0.05, 0) is 24.3 Å². The molecule has 0 aliphatic heterocycles. The van der Waals surface area contributed by atoms with E-state index in [1.54, 1.807) is 37.5 Å². The predicted molar refractivity (Wildman–Crippen MR) is 97.0 cm³/mol. The smallest absolute Gasteiger partial charge is 0.273 e. The summed E-state index contributed by atoms with van der Waals surface area (Å²) in [6, 6.07) is 7.11. The van der Waals surface area contributed by atoms with Gasteiger partial charge in [-0.3, -0.25) is 9.59 Å². The Morgan fingerprint density at radius 3 is 2.73 bits per heavy atom. The Labute approximate surface area is 151 Å². The number of H-pyrrole nitrogens is 1. The average Bonchev–Trinajstić information content (AvgIpc) is 2.66. The molecule has 0 bridgehead atoms. The number of carbonyl (C=O) groups is 1. The van der Waals surface area contributed by atoms with Crippen molar-refractivity contribution in [3.8, 4) is 17.1 Å². The van der Waals surface area contributed by atoms with Gasteiger partial charge in [-0.1, -0.05) is 12.7 Å². The van der Waals surface area contributed by atoms with Crippen molar-refractivity contribution >= 4 is 5.91 Å². The zero-order chi connectivity index (χ0) is 18.8. The number of benzene rings is 1. The number of carbonyl (C=O) groups excluding carboxylic acids is 1. The summed E-state index contributed by atoms with van der Waals surface area (Å²) >= 11 is 0. The summed E-state index contributed by atoms with van der Waals surface area (Å²) in [4.78, 5) is 26.5. The van der Waals surface area contributed by atoms with Crippen LogP contribution in [0.2, 0.25) is 0 Å². The topological polar surface area (TPSA) is 106 Å². The van der Waals surface area contributed by atoms with E-state index in [0.29, 0.717) is 36.9 Å². The van der Waals surface area contributed by atoms with E-state index in [2.05, 4.69) is 27.1 Å². The molecule has 1 aromatic carbocycles. The molecule has 0 atom stereocenters. The quantitative estimate of drug-likeness (QED) is 0.486. The Hall–Kier alpha value is -3.00. The molecule has 2 aromatic rings.